The van der Waals surface area contributed by atoms with Crippen LogP contribution >= 0.6 is 0 Å². The number of hydrogen-bond acceptors (Lipinski definition) is 1. The highest BCUT2D eigenvalue weighted by Gasteiger charge is 2.24. The van der Waals surface area contributed by atoms with E-state index in [0.717, 1.165) is 5.69 Å². The van der Waals surface area contributed by atoms with E-state index in [1.807, 2.05) is 6.20 Å². The molecule has 0 bridgehead atoms. The minimum Gasteiger partial charge on any atom is -0.256 e. The molecule has 0 spiro atoms. The van der Waals surface area contributed by atoms with Gasteiger partial charge in [0.15, 0.2) is 0 Å². The second kappa shape index (κ2) is 6.21. The number of hydrogen-bond donors (Lipinski definition) is 0. The van der Waals surface area contributed by atoms with Gasteiger partial charge in [-0.15, -0.1) is 0 Å². The third-order valence-electron chi connectivity index (χ3n) is 5.49. The standard InChI is InChI=1S/C26H21N/c1-17(2)18-15-16-27-26-24-14-8-6-12-22(24)20-10-4-3-9-19(20)21-11-5-7-13-23(21)25(18)26/h3-17H,1-2H3. The lowest BCUT2D eigenvalue weighted by Crippen LogP contribution is -2.02. The first-order chi connectivity index (χ1) is 13.3. The Bertz CT molecular complexity index is 1150. The average molecular weight is 347 g/mol. The van der Waals surface area contributed by atoms with Gasteiger partial charge in [-0.05, 0) is 45.4 Å². The van der Waals surface area contributed by atoms with Crippen molar-refractivity contribution in [2.75, 3.05) is 0 Å². The van der Waals surface area contributed by atoms with Crippen LogP contribution in [-0.2, 0) is 0 Å². The van der Waals surface area contributed by atoms with E-state index in [1.165, 1.54) is 44.5 Å². The van der Waals surface area contributed by atoms with Gasteiger partial charge in [0.1, 0.15) is 0 Å². The number of rotatable bonds is 1. The van der Waals surface area contributed by atoms with Crippen molar-refractivity contribution in [3.63, 3.8) is 0 Å². The van der Waals surface area contributed by atoms with Crippen LogP contribution in [0.1, 0.15) is 25.3 Å². The molecule has 130 valence electrons. The molecule has 0 N–H and O–H groups in total. The molecule has 1 aromatic heterocycles. The summed E-state index contributed by atoms with van der Waals surface area (Å²) >= 11 is 0. The van der Waals surface area contributed by atoms with Gasteiger partial charge in [-0.2, -0.15) is 0 Å². The lowest BCUT2D eigenvalue weighted by Gasteiger charge is -2.25. The Morgan fingerprint density at radius 1 is 0.556 bits per heavy atom. The monoisotopic (exact) mass is 347 g/mol. The number of benzene rings is 3. The normalized spacial score (nSPS) is 11.7. The molecule has 3 aromatic carbocycles. The number of fused-ring (bicyclic) bond motifs is 8. The zero-order valence-electron chi connectivity index (χ0n) is 15.6. The fourth-order valence-corrected chi connectivity index (χ4v) is 4.26. The first-order valence-electron chi connectivity index (χ1n) is 9.53. The van der Waals surface area contributed by atoms with E-state index < -0.39 is 0 Å². The molecule has 0 radical (unpaired) electrons. The first kappa shape index (κ1) is 16.0. The third kappa shape index (κ3) is 2.43. The van der Waals surface area contributed by atoms with Crippen molar-refractivity contribution in [1.82, 2.24) is 4.98 Å². The summed E-state index contributed by atoms with van der Waals surface area (Å²) < 4.78 is 0. The van der Waals surface area contributed by atoms with Crippen molar-refractivity contribution in [1.29, 1.82) is 0 Å². The Hall–Kier alpha value is -3.19. The molecule has 1 heterocycles. The van der Waals surface area contributed by atoms with E-state index in [9.17, 15) is 0 Å². The van der Waals surface area contributed by atoms with Crippen molar-refractivity contribution in [2.24, 2.45) is 0 Å². The lowest BCUT2D eigenvalue weighted by atomic mass is 9.80. The molecule has 0 fully saturated rings. The molecule has 1 heteroatoms. The molecule has 0 amide bonds. The highest BCUT2D eigenvalue weighted by Crippen LogP contribution is 2.48. The highest BCUT2D eigenvalue weighted by atomic mass is 14.7. The van der Waals surface area contributed by atoms with Crippen LogP contribution in [0.2, 0.25) is 0 Å². The van der Waals surface area contributed by atoms with E-state index in [2.05, 4.69) is 92.7 Å². The van der Waals surface area contributed by atoms with E-state index in [0.29, 0.717) is 5.92 Å². The molecular formula is C26H21N. The topological polar surface area (TPSA) is 12.9 Å². The summed E-state index contributed by atoms with van der Waals surface area (Å²) in [5.41, 5.74) is 11.2. The Morgan fingerprint density at radius 3 is 1.56 bits per heavy atom. The molecule has 27 heavy (non-hydrogen) atoms. The van der Waals surface area contributed by atoms with E-state index in [1.54, 1.807) is 0 Å². The van der Waals surface area contributed by atoms with Gasteiger partial charge in [0.2, 0.25) is 0 Å². The fraction of sp³-hybridized carbons (Fsp3) is 0.115. The molecule has 0 saturated carbocycles. The van der Waals surface area contributed by atoms with Crippen LogP contribution in [-0.4, -0.2) is 4.98 Å². The minimum absolute atomic E-state index is 0.427. The van der Waals surface area contributed by atoms with Crippen LogP contribution in [0.5, 0.6) is 0 Å². The Morgan fingerprint density at radius 2 is 1.00 bits per heavy atom. The maximum atomic E-state index is 4.88. The second-order valence-corrected chi connectivity index (χ2v) is 7.42. The van der Waals surface area contributed by atoms with Crippen molar-refractivity contribution in [3.05, 3.63) is 90.6 Å². The Labute approximate surface area is 160 Å². The summed E-state index contributed by atoms with van der Waals surface area (Å²) in [5.74, 6) is 0.427. The summed E-state index contributed by atoms with van der Waals surface area (Å²) in [5, 5.41) is 0. The summed E-state index contributed by atoms with van der Waals surface area (Å²) in [4.78, 5) is 4.88. The molecule has 1 aliphatic carbocycles. The first-order valence-corrected chi connectivity index (χ1v) is 9.53. The maximum Gasteiger partial charge on any atom is 0.0789 e. The molecule has 5 rings (SSSR count). The molecule has 0 saturated heterocycles. The smallest absolute Gasteiger partial charge is 0.0789 e. The maximum absolute atomic E-state index is 4.88. The van der Waals surface area contributed by atoms with Gasteiger partial charge in [-0.25, -0.2) is 0 Å². The molecule has 0 aliphatic heterocycles. The molecule has 4 aromatic rings. The van der Waals surface area contributed by atoms with Gasteiger partial charge in [0.05, 0.1) is 5.69 Å². The predicted molar refractivity (Wildman–Crippen MR) is 114 cm³/mol. The van der Waals surface area contributed by atoms with Crippen molar-refractivity contribution in [2.45, 2.75) is 19.8 Å². The van der Waals surface area contributed by atoms with Gasteiger partial charge >= 0.3 is 0 Å². The third-order valence-corrected chi connectivity index (χ3v) is 5.49. The van der Waals surface area contributed by atoms with Crippen LogP contribution < -0.4 is 0 Å². The summed E-state index contributed by atoms with van der Waals surface area (Å²) in [6.07, 6.45) is 1.96. The molecule has 0 atom stereocenters. The van der Waals surface area contributed by atoms with Crippen LogP contribution in [0.15, 0.2) is 85.1 Å². The van der Waals surface area contributed by atoms with E-state index >= 15 is 0 Å². The van der Waals surface area contributed by atoms with Gasteiger partial charge in [-0.3, -0.25) is 4.98 Å². The van der Waals surface area contributed by atoms with E-state index in [-0.39, 0.29) is 0 Å². The van der Waals surface area contributed by atoms with Gasteiger partial charge in [0.25, 0.3) is 0 Å². The molecule has 1 nitrogen and oxygen atoms in total. The number of aromatic nitrogens is 1. The Kier molecular flexibility index (Phi) is 3.68. The lowest BCUT2D eigenvalue weighted by molar-refractivity contribution is 0.866. The zero-order valence-corrected chi connectivity index (χ0v) is 15.6. The summed E-state index contributed by atoms with van der Waals surface area (Å²) in [6.45, 7) is 4.52. The minimum atomic E-state index is 0.427. The SMILES string of the molecule is CC(C)c1ccnc2c1-c1ccccc1-c1ccccc1-c1ccccc1-2. The summed E-state index contributed by atoms with van der Waals surface area (Å²) in [7, 11) is 0. The van der Waals surface area contributed by atoms with E-state index in [4.69, 9.17) is 4.98 Å². The molecular weight excluding hydrogens is 326 g/mol. The molecule has 0 unspecified atom stereocenters. The van der Waals surface area contributed by atoms with Crippen molar-refractivity contribution < 1.29 is 0 Å². The van der Waals surface area contributed by atoms with Crippen molar-refractivity contribution in [3.8, 4) is 44.6 Å². The highest BCUT2D eigenvalue weighted by molar-refractivity contribution is 6.02. The Balaban J connectivity index is 2.01. The van der Waals surface area contributed by atoms with Crippen molar-refractivity contribution >= 4 is 0 Å². The van der Waals surface area contributed by atoms with Crippen LogP contribution in [0.3, 0.4) is 0 Å². The quantitative estimate of drug-likeness (QED) is 0.313. The largest absolute Gasteiger partial charge is 0.256 e. The average Bonchev–Trinajstić information content (AvgIpc) is 2.72. The number of nitrogens with zero attached hydrogens (tertiary/aromatic N) is 1. The van der Waals surface area contributed by atoms with Gasteiger partial charge in [-0.1, -0.05) is 86.6 Å². The molecule has 1 aliphatic rings. The number of pyridine rings is 1. The van der Waals surface area contributed by atoms with Gasteiger partial charge in [0, 0.05) is 17.3 Å². The predicted octanol–water partition coefficient (Wildman–Crippen LogP) is 7.19. The second-order valence-electron chi connectivity index (χ2n) is 7.42. The fourth-order valence-electron chi connectivity index (χ4n) is 4.26. The van der Waals surface area contributed by atoms with Gasteiger partial charge < -0.3 is 0 Å². The van der Waals surface area contributed by atoms with Crippen LogP contribution in [0.4, 0.5) is 0 Å². The van der Waals surface area contributed by atoms with Crippen LogP contribution in [0.25, 0.3) is 44.6 Å². The van der Waals surface area contributed by atoms with Crippen LogP contribution in [0, 0.1) is 0 Å². The summed E-state index contributed by atoms with van der Waals surface area (Å²) in [6, 6.07) is 28.3. The zero-order chi connectivity index (χ0) is 18.4.